The molecule has 0 atom stereocenters. The van der Waals surface area contributed by atoms with Crippen molar-refractivity contribution in [3.05, 3.63) is 58.1 Å². The number of hydrogen-bond acceptors (Lipinski definition) is 5. The Morgan fingerprint density at radius 1 is 1.16 bits per heavy atom. The van der Waals surface area contributed by atoms with E-state index in [1.807, 2.05) is 0 Å². The van der Waals surface area contributed by atoms with Gasteiger partial charge in [-0.25, -0.2) is 13.2 Å². The second-order valence-corrected chi connectivity index (χ2v) is 7.76. The molecule has 1 aliphatic heterocycles. The van der Waals surface area contributed by atoms with Gasteiger partial charge < -0.3 is 4.42 Å². The Balaban J connectivity index is 1.89. The van der Waals surface area contributed by atoms with Crippen molar-refractivity contribution in [3.63, 3.8) is 0 Å². The van der Waals surface area contributed by atoms with Gasteiger partial charge in [-0.15, -0.1) is 0 Å². The number of aryl methyl sites for hydroxylation is 1. The van der Waals surface area contributed by atoms with Crippen molar-refractivity contribution in [1.29, 1.82) is 0 Å². The van der Waals surface area contributed by atoms with Gasteiger partial charge in [0.05, 0.1) is 16.1 Å². The van der Waals surface area contributed by atoms with Gasteiger partial charge in [-0.2, -0.15) is 0 Å². The Morgan fingerprint density at radius 3 is 2.76 bits per heavy atom. The fourth-order valence-electron chi connectivity index (χ4n) is 3.12. The number of ketones is 1. The molecule has 3 aromatic rings. The lowest BCUT2D eigenvalue weighted by Crippen LogP contribution is -2.38. The number of carbonyl (C=O) groups excluding carboxylic acids is 1. The van der Waals surface area contributed by atoms with Gasteiger partial charge in [0.25, 0.3) is 10.0 Å². The summed E-state index contributed by atoms with van der Waals surface area (Å²) in [6.07, 6.45) is 0.122. The molecule has 0 amide bonds. The Morgan fingerprint density at radius 2 is 1.96 bits per heavy atom. The van der Waals surface area contributed by atoms with E-state index in [2.05, 4.69) is 4.98 Å². The van der Waals surface area contributed by atoms with Crippen LogP contribution in [0.15, 0.2) is 50.5 Å². The fraction of sp³-hybridized carbons (Fsp3) is 0.176. The number of oxazole rings is 1. The van der Waals surface area contributed by atoms with Gasteiger partial charge >= 0.3 is 5.76 Å². The van der Waals surface area contributed by atoms with Crippen LogP contribution < -0.4 is 10.1 Å². The summed E-state index contributed by atoms with van der Waals surface area (Å²) >= 11 is 0. The summed E-state index contributed by atoms with van der Waals surface area (Å²) in [4.78, 5) is 25.9. The van der Waals surface area contributed by atoms with Crippen molar-refractivity contribution in [2.24, 2.45) is 0 Å². The van der Waals surface area contributed by atoms with E-state index in [-0.39, 0.29) is 29.2 Å². The Kier molecular flexibility index (Phi) is 3.33. The average molecular weight is 358 g/mol. The number of H-pyrrole nitrogens is 1. The van der Waals surface area contributed by atoms with E-state index < -0.39 is 15.8 Å². The first-order chi connectivity index (χ1) is 11.9. The van der Waals surface area contributed by atoms with Crippen molar-refractivity contribution >= 4 is 32.6 Å². The van der Waals surface area contributed by atoms with Gasteiger partial charge in [0.2, 0.25) is 0 Å². The summed E-state index contributed by atoms with van der Waals surface area (Å²) in [6.45, 7) is 1.85. The number of nitrogens with one attached hydrogen (secondary N) is 1. The maximum Gasteiger partial charge on any atom is 0.417 e. The fourth-order valence-corrected chi connectivity index (χ4v) is 4.68. The van der Waals surface area contributed by atoms with Crippen LogP contribution in [0.3, 0.4) is 0 Å². The number of aromatic amines is 1. The topological polar surface area (TPSA) is 100 Å². The van der Waals surface area contributed by atoms with Gasteiger partial charge in [0.1, 0.15) is 0 Å². The van der Waals surface area contributed by atoms with Crippen molar-refractivity contribution in [1.82, 2.24) is 4.98 Å². The van der Waals surface area contributed by atoms with Gasteiger partial charge in [-0.3, -0.25) is 14.1 Å². The molecule has 0 unspecified atom stereocenters. The van der Waals surface area contributed by atoms with E-state index in [0.29, 0.717) is 22.3 Å². The number of rotatable bonds is 2. The summed E-state index contributed by atoms with van der Waals surface area (Å²) in [5, 5.41) is 0. The van der Waals surface area contributed by atoms with Crippen LogP contribution in [0, 0.1) is 6.92 Å². The predicted molar refractivity (Wildman–Crippen MR) is 91.5 cm³/mol. The third kappa shape index (κ3) is 2.37. The Bertz CT molecular complexity index is 1170. The summed E-state index contributed by atoms with van der Waals surface area (Å²) in [6, 6.07) is 9.37. The number of anilines is 1. The number of fused-ring (bicyclic) bond motifs is 2. The van der Waals surface area contributed by atoms with E-state index in [1.54, 1.807) is 25.1 Å². The average Bonchev–Trinajstić information content (AvgIpc) is 2.95. The molecule has 1 N–H and O–H groups in total. The largest absolute Gasteiger partial charge is 0.417 e. The first-order valence-corrected chi connectivity index (χ1v) is 9.10. The molecule has 0 saturated heterocycles. The minimum atomic E-state index is -3.90. The highest BCUT2D eigenvalue weighted by molar-refractivity contribution is 7.92. The van der Waals surface area contributed by atoms with Crippen LogP contribution >= 0.6 is 0 Å². The second kappa shape index (κ2) is 5.32. The monoisotopic (exact) mass is 358 g/mol. The van der Waals surface area contributed by atoms with Crippen LogP contribution in [0.5, 0.6) is 0 Å². The first-order valence-electron chi connectivity index (χ1n) is 7.66. The zero-order chi connectivity index (χ0) is 17.8. The zero-order valence-electron chi connectivity index (χ0n) is 13.3. The smallest absolute Gasteiger partial charge is 0.408 e. The molecule has 8 heteroatoms. The van der Waals surface area contributed by atoms with Crippen molar-refractivity contribution < 1.29 is 17.6 Å². The van der Waals surface area contributed by atoms with Crippen LogP contribution in [0.25, 0.3) is 11.1 Å². The van der Waals surface area contributed by atoms with E-state index in [1.165, 1.54) is 22.5 Å². The Labute approximate surface area is 142 Å². The SMILES string of the molecule is Cc1cccc2c1N(S(=O)(=O)c1ccc3[nH]c(=O)oc3c1)CCC2=O. The van der Waals surface area contributed by atoms with Crippen LogP contribution in [0.1, 0.15) is 22.3 Å². The maximum atomic E-state index is 13.1. The van der Waals surface area contributed by atoms with Gasteiger partial charge in [0.15, 0.2) is 11.4 Å². The molecule has 128 valence electrons. The number of nitrogens with zero attached hydrogens (tertiary/aromatic N) is 1. The minimum absolute atomic E-state index is 0.00584. The van der Waals surface area contributed by atoms with Crippen molar-refractivity contribution in [3.8, 4) is 0 Å². The molecule has 0 aliphatic carbocycles. The Hall–Kier alpha value is -2.87. The van der Waals surface area contributed by atoms with Crippen LogP contribution in [0.2, 0.25) is 0 Å². The van der Waals surface area contributed by atoms with Crippen molar-refractivity contribution in [2.45, 2.75) is 18.2 Å². The third-order valence-electron chi connectivity index (χ3n) is 4.31. The minimum Gasteiger partial charge on any atom is -0.408 e. The van der Waals surface area contributed by atoms with Gasteiger partial charge in [-0.1, -0.05) is 12.1 Å². The number of para-hydroxylation sites is 1. The molecule has 0 spiro atoms. The second-order valence-electron chi connectivity index (χ2n) is 5.89. The molecule has 2 aromatic carbocycles. The molecule has 2 heterocycles. The number of aromatic nitrogens is 1. The summed E-state index contributed by atoms with van der Waals surface area (Å²) in [5.41, 5.74) is 2.13. The normalized spacial score (nSPS) is 14.8. The van der Waals surface area contributed by atoms with Crippen LogP contribution in [0.4, 0.5) is 5.69 Å². The molecule has 0 bridgehead atoms. The maximum absolute atomic E-state index is 13.1. The molecule has 0 radical (unpaired) electrons. The third-order valence-corrected chi connectivity index (χ3v) is 6.11. The molecule has 0 fully saturated rings. The number of carbonyl (C=O) groups is 1. The quantitative estimate of drug-likeness (QED) is 0.757. The van der Waals surface area contributed by atoms with Gasteiger partial charge in [0, 0.05) is 24.6 Å². The predicted octanol–water partition coefficient (Wildman–Crippen LogP) is 2.21. The van der Waals surface area contributed by atoms with Gasteiger partial charge in [-0.05, 0) is 30.7 Å². The van der Waals surface area contributed by atoms with E-state index in [9.17, 15) is 18.0 Å². The first kappa shape index (κ1) is 15.6. The number of hydrogen-bond donors (Lipinski definition) is 1. The lowest BCUT2D eigenvalue weighted by molar-refractivity contribution is 0.0982. The molecular formula is C17H14N2O5S. The standard InChI is InChI=1S/C17H14N2O5S/c1-10-3-2-4-12-14(20)7-8-19(16(10)12)25(22,23)11-5-6-13-15(9-11)24-17(21)18-13/h2-6,9H,7-8H2,1H3,(H,18,21). The highest BCUT2D eigenvalue weighted by atomic mass is 32.2. The van der Waals surface area contributed by atoms with Crippen LogP contribution in [-0.2, 0) is 10.0 Å². The summed E-state index contributed by atoms with van der Waals surface area (Å²) < 4.78 is 32.5. The van der Waals surface area contributed by atoms with E-state index in [4.69, 9.17) is 4.42 Å². The lowest BCUT2D eigenvalue weighted by atomic mass is 9.99. The molecule has 4 rings (SSSR count). The summed E-state index contributed by atoms with van der Waals surface area (Å²) in [7, 11) is -3.90. The molecule has 1 aromatic heterocycles. The molecule has 1 aliphatic rings. The highest BCUT2D eigenvalue weighted by Crippen LogP contribution is 2.35. The van der Waals surface area contributed by atoms with E-state index in [0.717, 1.165) is 0 Å². The molecule has 7 nitrogen and oxygen atoms in total. The number of sulfonamides is 1. The van der Waals surface area contributed by atoms with Crippen molar-refractivity contribution in [2.75, 3.05) is 10.8 Å². The zero-order valence-corrected chi connectivity index (χ0v) is 14.1. The lowest BCUT2D eigenvalue weighted by Gasteiger charge is -2.31. The van der Waals surface area contributed by atoms with Crippen LogP contribution in [-0.4, -0.2) is 25.7 Å². The molecule has 25 heavy (non-hydrogen) atoms. The molecular weight excluding hydrogens is 344 g/mol. The van der Waals surface area contributed by atoms with E-state index >= 15 is 0 Å². The molecule has 0 saturated carbocycles. The number of benzene rings is 2. The summed E-state index contributed by atoms with van der Waals surface area (Å²) in [5.74, 6) is -0.716. The number of Topliss-reactive ketones (excluding diaryl/α,β-unsaturated/α-hetero) is 1. The highest BCUT2D eigenvalue weighted by Gasteiger charge is 2.33.